The Morgan fingerprint density at radius 2 is 2.03 bits per heavy atom. The molecule has 0 spiro atoms. The maximum Gasteiger partial charge on any atom is 0.413 e. The van der Waals surface area contributed by atoms with Crippen molar-refractivity contribution >= 4 is 29.2 Å². The highest BCUT2D eigenvalue weighted by molar-refractivity contribution is 7.15. The summed E-state index contributed by atoms with van der Waals surface area (Å²) < 4.78 is 14.4. The Labute approximate surface area is 180 Å². The van der Waals surface area contributed by atoms with Gasteiger partial charge < -0.3 is 10.8 Å². The molecule has 11 heteroatoms. The third kappa shape index (κ3) is 4.22. The van der Waals surface area contributed by atoms with Crippen LogP contribution in [0, 0.1) is 5.82 Å². The molecule has 160 valence electrons. The number of carboxylic acid groups (broad SMARTS) is 1. The lowest BCUT2D eigenvalue weighted by Gasteiger charge is -2.43. The van der Waals surface area contributed by atoms with Crippen molar-refractivity contribution in [1.29, 1.82) is 0 Å². The molecule has 1 aliphatic rings. The summed E-state index contributed by atoms with van der Waals surface area (Å²) in [6, 6.07) is 5.99. The van der Waals surface area contributed by atoms with Crippen LogP contribution in [-0.2, 0) is 16.6 Å². The van der Waals surface area contributed by atoms with Crippen LogP contribution in [0.2, 0.25) is 0 Å². The molecule has 1 saturated carbocycles. The number of carbonyl (C=O) groups is 2. The van der Waals surface area contributed by atoms with Crippen LogP contribution >= 0.6 is 11.3 Å². The van der Waals surface area contributed by atoms with Crippen molar-refractivity contribution in [3.05, 3.63) is 53.0 Å². The maximum absolute atomic E-state index is 14.4. The first-order valence-electron chi connectivity index (χ1n) is 9.56. The van der Waals surface area contributed by atoms with Crippen molar-refractivity contribution in [2.24, 2.45) is 5.73 Å². The van der Waals surface area contributed by atoms with E-state index in [0.29, 0.717) is 28.4 Å². The van der Waals surface area contributed by atoms with E-state index in [1.54, 1.807) is 12.3 Å². The first-order valence-corrected chi connectivity index (χ1v) is 10.4. The third-order valence-corrected chi connectivity index (χ3v) is 6.33. The summed E-state index contributed by atoms with van der Waals surface area (Å²) >= 11 is 1.26. The van der Waals surface area contributed by atoms with E-state index >= 15 is 0 Å². The van der Waals surface area contributed by atoms with Crippen LogP contribution in [-0.4, -0.2) is 43.8 Å². The lowest BCUT2D eigenvalue weighted by Crippen LogP contribution is -2.49. The number of nitrogens with two attached hydrogens (primary N) is 1. The van der Waals surface area contributed by atoms with Gasteiger partial charge in [0.1, 0.15) is 16.5 Å². The lowest BCUT2D eigenvalue weighted by atomic mass is 9.66. The summed E-state index contributed by atoms with van der Waals surface area (Å²) in [5.41, 5.74) is 5.23. The average molecular weight is 442 g/mol. The summed E-state index contributed by atoms with van der Waals surface area (Å²) in [5.74, 6) is -0.764. The number of amides is 2. The number of rotatable bonds is 7. The Hall–Kier alpha value is -3.47. The van der Waals surface area contributed by atoms with Crippen LogP contribution < -0.4 is 10.6 Å². The molecule has 0 aromatic carbocycles. The van der Waals surface area contributed by atoms with Crippen LogP contribution in [0.1, 0.15) is 29.8 Å². The number of thiazole rings is 1. The van der Waals surface area contributed by atoms with Crippen molar-refractivity contribution in [1.82, 2.24) is 20.2 Å². The normalized spacial score (nSPS) is 14.6. The molecular weight excluding hydrogens is 423 g/mol. The van der Waals surface area contributed by atoms with E-state index in [2.05, 4.69) is 20.2 Å². The molecule has 0 aliphatic heterocycles. The van der Waals surface area contributed by atoms with Gasteiger partial charge in [-0.2, -0.15) is 0 Å². The summed E-state index contributed by atoms with van der Waals surface area (Å²) in [6.07, 6.45) is 4.08. The number of hydrogen-bond acceptors (Lipinski definition) is 7. The molecule has 9 nitrogen and oxygen atoms in total. The van der Waals surface area contributed by atoms with Gasteiger partial charge in [-0.05, 0) is 37.1 Å². The van der Waals surface area contributed by atoms with Gasteiger partial charge >= 0.3 is 6.09 Å². The molecule has 31 heavy (non-hydrogen) atoms. The zero-order chi connectivity index (χ0) is 22.0. The highest BCUT2D eigenvalue weighted by Gasteiger charge is 2.44. The van der Waals surface area contributed by atoms with Crippen molar-refractivity contribution < 1.29 is 19.1 Å². The number of pyridine rings is 1. The number of carbonyl (C=O) groups excluding carboxylic acids is 1. The summed E-state index contributed by atoms with van der Waals surface area (Å²) in [4.78, 5) is 33.2. The van der Waals surface area contributed by atoms with Crippen molar-refractivity contribution in [2.45, 2.75) is 31.1 Å². The second-order valence-electron chi connectivity index (χ2n) is 7.39. The molecule has 1 fully saturated rings. The first kappa shape index (κ1) is 20.8. The van der Waals surface area contributed by atoms with Gasteiger partial charge in [-0.25, -0.2) is 14.2 Å². The highest BCUT2D eigenvalue weighted by atomic mass is 32.1. The van der Waals surface area contributed by atoms with E-state index in [1.807, 2.05) is 0 Å². The largest absolute Gasteiger partial charge is 0.465 e. The predicted octanol–water partition coefficient (Wildman–Crippen LogP) is 2.77. The van der Waals surface area contributed by atoms with Crippen molar-refractivity contribution in [3.8, 4) is 10.7 Å². The molecule has 0 saturated heterocycles. The van der Waals surface area contributed by atoms with Crippen LogP contribution in [0.15, 0.2) is 36.7 Å². The zero-order valence-corrected chi connectivity index (χ0v) is 17.2. The standard InChI is InChI=1S/C20H19FN6O3S/c21-13-3-1-8-23-17(13)20(6-2-7-20)11-27(19(29)30)16-5-4-14(25-26-16)18-24-10-12(31-18)9-15(22)28/h1,3-5,8,10H,2,6-7,9,11H2,(H2,22,28)(H,29,30). The minimum Gasteiger partial charge on any atom is -0.465 e. The quantitative estimate of drug-likeness (QED) is 0.574. The Balaban J connectivity index is 1.58. The zero-order valence-electron chi connectivity index (χ0n) is 16.4. The molecule has 0 bridgehead atoms. The fourth-order valence-corrected chi connectivity index (χ4v) is 4.55. The number of hydrogen-bond donors (Lipinski definition) is 2. The topological polar surface area (TPSA) is 135 Å². The fourth-order valence-electron chi connectivity index (χ4n) is 3.66. The van der Waals surface area contributed by atoms with Gasteiger partial charge in [0.25, 0.3) is 0 Å². The van der Waals surface area contributed by atoms with Gasteiger partial charge in [-0.15, -0.1) is 21.5 Å². The maximum atomic E-state index is 14.4. The molecule has 1 aliphatic carbocycles. The van der Waals surface area contributed by atoms with Crippen molar-refractivity contribution in [3.63, 3.8) is 0 Å². The van der Waals surface area contributed by atoms with Crippen molar-refractivity contribution in [2.75, 3.05) is 11.4 Å². The van der Waals surface area contributed by atoms with E-state index in [9.17, 15) is 19.1 Å². The first-order chi connectivity index (χ1) is 14.9. The third-order valence-electron chi connectivity index (χ3n) is 5.31. The Bertz CT molecular complexity index is 1120. The van der Waals surface area contributed by atoms with Crippen LogP contribution in [0.3, 0.4) is 0 Å². The molecule has 3 N–H and O–H groups in total. The fraction of sp³-hybridized carbons (Fsp3) is 0.300. The van der Waals surface area contributed by atoms with Gasteiger partial charge in [0.2, 0.25) is 5.91 Å². The molecule has 0 unspecified atom stereocenters. The Kier molecular flexibility index (Phi) is 5.59. The van der Waals surface area contributed by atoms with Crippen LogP contribution in [0.4, 0.5) is 15.0 Å². The molecular formula is C20H19FN6O3S. The minimum absolute atomic E-state index is 0.0320. The minimum atomic E-state index is -1.21. The SMILES string of the molecule is NC(=O)Cc1cnc(-c2ccc(N(CC3(c4ncccc4F)CCC3)C(=O)O)nn2)s1. The predicted molar refractivity (Wildman–Crippen MR) is 111 cm³/mol. The summed E-state index contributed by atoms with van der Waals surface area (Å²) in [7, 11) is 0. The molecule has 3 aromatic rings. The molecule has 3 heterocycles. The Morgan fingerprint density at radius 3 is 2.61 bits per heavy atom. The van der Waals surface area contributed by atoms with Gasteiger partial charge in [-0.1, -0.05) is 6.42 Å². The van der Waals surface area contributed by atoms with Gasteiger partial charge in [-0.3, -0.25) is 14.7 Å². The van der Waals surface area contributed by atoms with Crippen LogP contribution in [0.5, 0.6) is 0 Å². The van der Waals surface area contributed by atoms with Gasteiger partial charge in [0.05, 0.1) is 12.1 Å². The van der Waals surface area contributed by atoms with Gasteiger partial charge in [0, 0.05) is 29.2 Å². The molecule has 4 rings (SSSR count). The van der Waals surface area contributed by atoms with Gasteiger partial charge in [0.15, 0.2) is 5.82 Å². The molecule has 0 radical (unpaired) electrons. The van der Waals surface area contributed by atoms with E-state index in [0.717, 1.165) is 11.3 Å². The monoisotopic (exact) mass is 442 g/mol. The summed E-state index contributed by atoms with van der Waals surface area (Å²) in [6.45, 7) is 0.0320. The lowest BCUT2D eigenvalue weighted by molar-refractivity contribution is -0.117. The Morgan fingerprint density at radius 1 is 1.23 bits per heavy atom. The summed E-state index contributed by atoms with van der Waals surface area (Å²) in [5, 5.41) is 18.5. The molecule has 0 atom stereocenters. The van der Waals surface area contributed by atoms with E-state index in [4.69, 9.17) is 5.73 Å². The van der Waals surface area contributed by atoms with E-state index in [1.165, 1.54) is 35.7 Å². The number of nitrogens with zero attached hydrogens (tertiary/aromatic N) is 5. The van der Waals surface area contributed by atoms with E-state index in [-0.39, 0.29) is 24.5 Å². The number of halogens is 1. The smallest absolute Gasteiger partial charge is 0.413 e. The van der Waals surface area contributed by atoms with E-state index < -0.39 is 23.2 Å². The number of aromatic nitrogens is 4. The molecule has 2 amide bonds. The highest BCUT2D eigenvalue weighted by Crippen LogP contribution is 2.44. The second kappa shape index (κ2) is 8.34. The number of primary amides is 1. The molecule has 3 aromatic heterocycles. The van der Waals surface area contributed by atoms with Crippen LogP contribution in [0.25, 0.3) is 10.7 Å². The average Bonchev–Trinajstić information content (AvgIpc) is 3.16. The number of anilines is 1. The second-order valence-corrected chi connectivity index (χ2v) is 8.50.